The van der Waals surface area contributed by atoms with Crippen molar-refractivity contribution in [1.82, 2.24) is 0 Å². The summed E-state index contributed by atoms with van der Waals surface area (Å²) in [6.07, 6.45) is 39.6. The molecule has 0 aliphatic carbocycles. The summed E-state index contributed by atoms with van der Waals surface area (Å²) in [5, 5.41) is 20.3. The van der Waals surface area contributed by atoms with E-state index in [1.807, 2.05) is 6.08 Å². The molecule has 0 radical (unpaired) electrons. The third kappa shape index (κ3) is 38.0. The lowest BCUT2D eigenvalue weighted by Crippen LogP contribution is -2.29. The van der Waals surface area contributed by atoms with Crippen LogP contribution in [0.15, 0.2) is 60.8 Å². The van der Waals surface area contributed by atoms with E-state index in [0.717, 1.165) is 77.0 Å². The monoisotopic (exact) mass is 783 g/mol. The number of allylic oxidation sites excluding steroid dienone is 9. The number of carbonyl (C=O) groups excluding carboxylic acids is 2. The van der Waals surface area contributed by atoms with Gasteiger partial charge in [-0.25, -0.2) is 4.57 Å². The molecule has 0 heterocycles. The number of carbonyl (C=O) groups is 2. The van der Waals surface area contributed by atoms with Crippen LogP contribution < -0.4 is 0 Å². The third-order valence-electron chi connectivity index (χ3n) is 8.71. The van der Waals surface area contributed by atoms with Crippen molar-refractivity contribution in [3.8, 4) is 0 Å². The summed E-state index contributed by atoms with van der Waals surface area (Å²) < 4.78 is 26.3. The van der Waals surface area contributed by atoms with E-state index in [2.05, 4.69) is 73.1 Å². The van der Waals surface area contributed by atoms with E-state index in [4.69, 9.17) is 19.3 Å². The number of phosphoric acid groups is 1. The predicted molar refractivity (Wildman–Crippen MR) is 219 cm³/mol. The second-order valence-corrected chi connectivity index (χ2v) is 15.2. The van der Waals surface area contributed by atoms with Gasteiger partial charge >= 0.3 is 19.8 Å². The zero-order valence-electron chi connectivity index (χ0n) is 33.6. The first kappa shape index (κ1) is 51.7. The summed E-state index contributed by atoms with van der Waals surface area (Å²) in [5.41, 5.74) is 0. The van der Waals surface area contributed by atoms with Gasteiger partial charge in [-0.3, -0.25) is 14.1 Å². The molecule has 0 aliphatic rings. The Morgan fingerprint density at radius 2 is 1.02 bits per heavy atom. The number of aliphatic hydroxyl groups excluding tert-OH is 2. The summed E-state index contributed by atoms with van der Waals surface area (Å²) in [7, 11) is -4.80. The zero-order chi connectivity index (χ0) is 40.0. The van der Waals surface area contributed by atoms with Crippen LogP contribution >= 0.6 is 7.82 Å². The Bertz CT molecular complexity index is 1090. The Morgan fingerprint density at radius 3 is 1.57 bits per heavy atom. The van der Waals surface area contributed by atoms with Crippen LogP contribution in [0.4, 0.5) is 0 Å². The number of unbranched alkanes of at least 4 members (excludes halogenated alkanes) is 13. The van der Waals surface area contributed by atoms with Crippen molar-refractivity contribution in [2.45, 2.75) is 186 Å². The highest BCUT2D eigenvalue weighted by atomic mass is 31.2. The highest BCUT2D eigenvalue weighted by Crippen LogP contribution is 2.36. The molecule has 3 atom stereocenters. The minimum atomic E-state index is -4.80. The van der Waals surface area contributed by atoms with E-state index in [1.165, 1.54) is 38.5 Å². The number of ether oxygens (including phenoxy) is 2. The molecule has 0 spiro atoms. The molecule has 312 valence electrons. The second-order valence-electron chi connectivity index (χ2n) is 13.9. The summed E-state index contributed by atoms with van der Waals surface area (Å²) in [6, 6.07) is 0. The predicted octanol–water partition coefficient (Wildman–Crippen LogP) is 10.5. The fourth-order valence-corrected chi connectivity index (χ4v) is 5.80. The molecule has 0 bridgehead atoms. The number of esters is 2. The molecule has 0 rings (SSSR count). The minimum Gasteiger partial charge on any atom is -0.462 e. The maximum Gasteiger partial charge on any atom is 0.469 e. The van der Waals surface area contributed by atoms with Crippen molar-refractivity contribution in [2.24, 2.45) is 0 Å². The molecule has 0 amide bonds. The van der Waals surface area contributed by atoms with E-state index in [1.54, 1.807) is 0 Å². The SMILES string of the molecule is CCCCC/C=C\C/C=C\C/C=C\C/C=C\CCCCCC(=O)OC[C@H](COP(=O)(O)O)OC(=O)CCCCCCC[C@H](O)[C@@H](O)C/C=C\CCCCC. The molecule has 0 fully saturated rings. The molecule has 0 unspecified atom stereocenters. The Morgan fingerprint density at radius 1 is 0.556 bits per heavy atom. The Labute approximate surface area is 327 Å². The van der Waals surface area contributed by atoms with Gasteiger partial charge in [0.2, 0.25) is 0 Å². The molecular weight excluding hydrogens is 707 g/mol. The Balaban J connectivity index is 4.12. The largest absolute Gasteiger partial charge is 0.469 e. The molecule has 10 nitrogen and oxygen atoms in total. The van der Waals surface area contributed by atoms with E-state index in [-0.39, 0.29) is 19.4 Å². The van der Waals surface area contributed by atoms with Gasteiger partial charge in [0.25, 0.3) is 0 Å². The lowest BCUT2D eigenvalue weighted by Gasteiger charge is -2.18. The van der Waals surface area contributed by atoms with Gasteiger partial charge in [-0.15, -0.1) is 0 Å². The number of aliphatic hydroxyl groups is 2. The maximum atomic E-state index is 12.4. The van der Waals surface area contributed by atoms with Gasteiger partial charge in [0.1, 0.15) is 6.61 Å². The van der Waals surface area contributed by atoms with Crippen LogP contribution in [0.1, 0.15) is 168 Å². The van der Waals surface area contributed by atoms with Gasteiger partial charge < -0.3 is 29.5 Å². The van der Waals surface area contributed by atoms with Gasteiger partial charge in [-0.2, -0.15) is 0 Å². The van der Waals surface area contributed by atoms with Crippen molar-refractivity contribution in [2.75, 3.05) is 13.2 Å². The van der Waals surface area contributed by atoms with Crippen molar-refractivity contribution in [3.63, 3.8) is 0 Å². The van der Waals surface area contributed by atoms with Crippen LogP contribution in [0.25, 0.3) is 0 Å². The van der Waals surface area contributed by atoms with E-state index >= 15 is 0 Å². The van der Waals surface area contributed by atoms with Gasteiger partial charge in [0.05, 0.1) is 18.8 Å². The van der Waals surface area contributed by atoms with Crippen LogP contribution in [0.5, 0.6) is 0 Å². The molecular formula is C43H75O10P. The topological polar surface area (TPSA) is 160 Å². The quantitative estimate of drug-likeness (QED) is 0.0207. The van der Waals surface area contributed by atoms with Crippen molar-refractivity contribution < 1.29 is 48.2 Å². The standard InChI is InChI=1S/C43H75O10P/c1-3-5-7-9-11-12-13-14-15-16-17-18-19-20-21-22-23-27-31-35-42(46)51-37-39(38-52-54(48,49)50)53-43(47)36-32-28-24-26-30-34-41(45)40(44)33-29-25-10-8-6-4-2/h11-12,14-15,17-18,20-21,25,29,39-41,44-45H,3-10,13,16,19,22-24,26-28,30-38H2,1-2H3,(H2,48,49,50)/b12-11-,15-14-,18-17-,21-20-,29-25-/t39-,40+,41+/m1/s1. The molecule has 0 aliphatic heterocycles. The van der Waals surface area contributed by atoms with Crippen LogP contribution in [0, 0.1) is 0 Å². The first-order chi connectivity index (χ1) is 26.1. The second kappa shape index (κ2) is 37.6. The number of rotatable bonds is 37. The molecule has 4 N–H and O–H groups in total. The summed E-state index contributed by atoms with van der Waals surface area (Å²) in [5.74, 6) is -1.04. The fourth-order valence-electron chi connectivity index (χ4n) is 5.44. The molecule has 0 saturated carbocycles. The van der Waals surface area contributed by atoms with Gasteiger partial charge in [-0.05, 0) is 83.5 Å². The van der Waals surface area contributed by atoms with Gasteiger partial charge in [0, 0.05) is 12.8 Å². The summed E-state index contributed by atoms with van der Waals surface area (Å²) >= 11 is 0. The number of phosphoric ester groups is 1. The normalized spacial score (nSPS) is 14.3. The third-order valence-corrected chi connectivity index (χ3v) is 9.20. The van der Waals surface area contributed by atoms with Crippen LogP contribution in [-0.2, 0) is 28.2 Å². The van der Waals surface area contributed by atoms with Crippen LogP contribution in [0.2, 0.25) is 0 Å². The number of hydrogen-bond acceptors (Lipinski definition) is 8. The first-order valence-corrected chi connectivity index (χ1v) is 22.3. The van der Waals surface area contributed by atoms with Crippen LogP contribution in [0.3, 0.4) is 0 Å². The average Bonchev–Trinajstić information content (AvgIpc) is 3.14. The van der Waals surface area contributed by atoms with E-state index in [9.17, 15) is 24.4 Å². The molecule has 0 aromatic rings. The highest BCUT2D eigenvalue weighted by molar-refractivity contribution is 7.46. The molecule has 0 aromatic heterocycles. The average molecular weight is 783 g/mol. The zero-order valence-corrected chi connectivity index (χ0v) is 34.5. The van der Waals surface area contributed by atoms with Crippen molar-refractivity contribution >= 4 is 19.8 Å². The minimum absolute atomic E-state index is 0.103. The smallest absolute Gasteiger partial charge is 0.462 e. The number of hydrogen-bond donors (Lipinski definition) is 4. The van der Waals surface area contributed by atoms with Crippen molar-refractivity contribution in [3.05, 3.63) is 60.8 Å². The molecule has 0 saturated heterocycles. The summed E-state index contributed by atoms with van der Waals surface area (Å²) in [4.78, 5) is 42.8. The van der Waals surface area contributed by atoms with Gasteiger partial charge in [0.15, 0.2) is 6.10 Å². The van der Waals surface area contributed by atoms with Gasteiger partial charge in [-0.1, -0.05) is 132 Å². The Hall–Kier alpha value is -2.33. The first-order valence-electron chi connectivity index (χ1n) is 20.7. The molecule has 0 aromatic carbocycles. The molecule has 54 heavy (non-hydrogen) atoms. The molecule has 11 heteroatoms. The summed E-state index contributed by atoms with van der Waals surface area (Å²) in [6.45, 7) is 3.43. The van der Waals surface area contributed by atoms with Crippen molar-refractivity contribution in [1.29, 1.82) is 0 Å². The van der Waals surface area contributed by atoms with Crippen LogP contribution in [-0.4, -0.2) is 63.5 Å². The lowest BCUT2D eigenvalue weighted by molar-refractivity contribution is -0.161. The van der Waals surface area contributed by atoms with E-state index in [0.29, 0.717) is 25.7 Å². The van der Waals surface area contributed by atoms with E-state index < -0.39 is 44.7 Å². The Kier molecular flexibility index (Phi) is 36.0. The lowest BCUT2D eigenvalue weighted by atomic mass is 10.0. The fraction of sp³-hybridized carbons (Fsp3) is 0.721. The highest BCUT2D eigenvalue weighted by Gasteiger charge is 2.23. The maximum absolute atomic E-state index is 12.4.